The van der Waals surface area contributed by atoms with Crippen LogP contribution in [0.1, 0.15) is 38.2 Å². The molecule has 1 aromatic heterocycles. The van der Waals surface area contributed by atoms with E-state index in [9.17, 15) is 30.1 Å². The molecule has 0 saturated heterocycles. The van der Waals surface area contributed by atoms with Gasteiger partial charge < -0.3 is 5.11 Å². The van der Waals surface area contributed by atoms with Gasteiger partial charge in [0.15, 0.2) is 5.78 Å². The number of carbonyl (C=O) groups is 1. The number of nitro groups is 1. The fourth-order valence-electron chi connectivity index (χ4n) is 3.12. The number of aryl methyl sites for hydroxylation is 1. The van der Waals surface area contributed by atoms with Gasteiger partial charge in [0, 0.05) is 17.7 Å². The van der Waals surface area contributed by atoms with Crippen LogP contribution in [0.2, 0.25) is 0 Å². The molecule has 0 spiro atoms. The van der Waals surface area contributed by atoms with Crippen LogP contribution in [0.15, 0.2) is 53.3 Å². The van der Waals surface area contributed by atoms with Crippen molar-refractivity contribution in [2.75, 3.05) is 0 Å². The van der Waals surface area contributed by atoms with Crippen LogP contribution < -0.4 is 5.56 Å². The van der Waals surface area contributed by atoms with Crippen LogP contribution in [0, 0.1) is 35.3 Å². The Morgan fingerprint density at radius 2 is 1.73 bits per heavy atom. The van der Waals surface area contributed by atoms with Crippen molar-refractivity contribution in [2.24, 2.45) is 0 Å². The number of pyridine rings is 1. The van der Waals surface area contributed by atoms with Crippen LogP contribution in [0.4, 0.5) is 5.69 Å². The second-order valence-corrected chi connectivity index (χ2v) is 6.82. The molecular formula is C22H17N3O5. The minimum absolute atomic E-state index is 0.0273. The number of nitriles is 1. The molecule has 3 aromatic rings. The zero-order valence-electron chi connectivity index (χ0n) is 16.2. The molecule has 8 nitrogen and oxygen atoms in total. The first-order valence-electron chi connectivity index (χ1n) is 8.95. The number of ketones is 1. The van der Waals surface area contributed by atoms with Crippen molar-refractivity contribution in [1.82, 2.24) is 4.57 Å². The zero-order valence-corrected chi connectivity index (χ0v) is 16.2. The van der Waals surface area contributed by atoms with E-state index in [1.165, 1.54) is 31.2 Å². The van der Waals surface area contributed by atoms with E-state index in [0.717, 1.165) is 10.1 Å². The summed E-state index contributed by atoms with van der Waals surface area (Å²) in [5, 5.41) is 31.1. The van der Waals surface area contributed by atoms with Crippen molar-refractivity contribution in [2.45, 2.75) is 20.4 Å². The predicted octanol–water partition coefficient (Wildman–Crippen LogP) is 3.23. The number of nitrogens with zero attached hydrogens (tertiary/aromatic N) is 3. The highest BCUT2D eigenvalue weighted by Crippen LogP contribution is 2.26. The van der Waals surface area contributed by atoms with E-state index >= 15 is 0 Å². The minimum atomic E-state index is -0.701. The maximum absolute atomic E-state index is 13.0. The summed E-state index contributed by atoms with van der Waals surface area (Å²) in [4.78, 5) is 36.0. The fourth-order valence-corrected chi connectivity index (χ4v) is 3.12. The Morgan fingerprint density at radius 3 is 2.27 bits per heavy atom. The third-order valence-corrected chi connectivity index (χ3v) is 4.83. The first kappa shape index (κ1) is 20.5. The van der Waals surface area contributed by atoms with Crippen molar-refractivity contribution < 1.29 is 14.8 Å². The predicted molar refractivity (Wildman–Crippen MR) is 109 cm³/mol. The highest BCUT2D eigenvalue weighted by molar-refractivity contribution is 6.11. The van der Waals surface area contributed by atoms with Crippen LogP contribution >= 0.6 is 0 Å². The second kappa shape index (κ2) is 8.01. The lowest BCUT2D eigenvalue weighted by molar-refractivity contribution is -0.384. The molecule has 0 aliphatic rings. The first-order valence-corrected chi connectivity index (χ1v) is 8.95. The molecule has 1 N–H and O–H groups in total. The molecule has 0 amide bonds. The number of aromatic hydroxyl groups is 1. The molecular weight excluding hydrogens is 386 g/mol. The number of benzene rings is 2. The molecule has 0 saturated carbocycles. The summed E-state index contributed by atoms with van der Waals surface area (Å²) in [6.07, 6.45) is 0. The maximum Gasteiger partial charge on any atom is 0.271 e. The van der Waals surface area contributed by atoms with Gasteiger partial charge in [0.2, 0.25) is 5.88 Å². The van der Waals surface area contributed by atoms with Crippen LogP contribution in [-0.4, -0.2) is 20.4 Å². The van der Waals surface area contributed by atoms with Gasteiger partial charge in [-0.25, -0.2) is 0 Å². The van der Waals surface area contributed by atoms with Crippen LogP contribution in [-0.2, 0) is 6.54 Å². The lowest BCUT2D eigenvalue weighted by atomic mass is 9.97. The summed E-state index contributed by atoms with van der Waals surface area (Å²) in [5.41, 5.74) is 0.553. The van der Waals surface area contributed by atoms with Gasteiger partial charge in [-0.1, -0.05) is 29.8 Å². The van der Waals surface area contributed by atoms with Crippen LogP contribution in [0.25, 0.3) is 0 Å². The van der Waals surface area contributed by atoms with E-state index in [-0.39, 0.29) is 34.5 Å². The summed E-state index contributed by atoms with van der Waals surface area (Å²) < 4.78 is 0.981. The zero-order chi connectivity index (χ0) is 22.0. The number of carbonyl (C=O) groups excluding carboxylic acids is 1. The monoisotopic (exact) mass is 403 g/mol. The SMILES string of the molecule is Cc1ccc(Cn2c(O)c(C(=O)c3ccc([N+](=O)[O-])cc3)c(C)c(C#N)c2=O)cc1. The molecule has 0 aliphatic carbocycles. The number of rotatable bonds is 5. The molecule has 0 aliphatic heterocycles. The molecule has 0 unspecified atom stereocenters. The van der Waals surface area contributed by atoms with Crippen molar-refractivity contribution in [3.8, 4) is 11.9 Å². The lowest BCUT2D eigenvalue weighted by Crippen LogP contribution is -2.27. The Labute approximate surface area is 171 Å². The Morgan fingerprint density at radius 1 is 1.13 bits per heavy atom. The third kappa shape index (κ3) is 3.69. The quantitative estimate of drug-likeness (QED) is 0.396. The summed E-state index contributed by atoms with van der Waals surface area (Å²) in [6.45, 7) is 3.29. The second-order valence-electron chi connectivity index (χ2n) is 6.82. The van der Waals surface area contributed by atoms with E-state index in [0.29, 0.717) is 5.56 Å². The molecule has 0 bridgehead atoms. The maximum atomic E-state index is 13.0. The summed E-state index contributed by atoms with van der Waals surface area (Å²) in [7, 11) is 0. The number of hydrogen-bond donors (Lipinski definition) is 1. The highest BCUT2D eigenvalue weighted by atomic mass is 16.6. The Bertz CT molecular complexity index is 1250. The molecule has 3 rings (SSSR count). The Hall–Kier alpha value is -4.25. The molecule has 0 radical (unpaired) electrons. The summed E-state index contributed by atoms with van der Waals surface area (Å²) >= 11 is 0. The van der Waals surface area contributed by atoms with Crippen molar-refractivity contribution >= 4 is 11.5 Å². The molecule has 0 atom stereocenters. The molecule has 150 valence electrons. The van der Waals surface area contributed by atoms with Gasteiger partial charge in [-0.05, 0) is 37.1 Å². The fraction of sp³-hybridized carbons (Fsp3) is 0.136. The summed E-state index contributed by atoms with van der Waals surface area (Å²) in [6, 6.07) is 13.9. The van der Waals surface area contributed by atoms with Gasteiger partial charge in [-0.15, -0.1) is 0 Å². The average molecular weight is 403 g/mol. The molecule has 0 fully saturated rings. The molecule has 1 heterocycles. The van der Waals surface area contributed by atoms with Crippen molar-refractivity contribution in [3.05, 3.63) is 102 Å². The molecule has 8 heteroatoms. The minimum Gasteiger partial charge on any atom is -0.494 e. The van der Waals surface area contributed by atoms with Gasteiger partial charge in [0.25, 0.3) is 11.2 Å². The van der Waals surface area contributed by atoms with E-state index in [1.54, 1.807) is 12.1 Å². The van der Waals surface area contributed by atoms with E-state index in [1.807, 2.05) is 25.1 Å². The van der Waals surface area contributed by atoms with Gasteiger partial charge in [0.1, 0.15) is 11.6 Å². The topological polar surface area (TPSA) is 126 Å². The molecule has 30 heavy (non-hydrogen) atoms. The smallest absolute Gasteiger partial charge is 0.271 e. The number of hydrogen-bond acceptors (Lipinski definition) is 6. The number of nitro benzene ring substituents is 1. The third-order valence-electron chi connectivity index (χ3n) is 4.83. The lowest BCUT2D eigenvalue weighted by Gasteiger charge is -2.16. The average Bonchev–Trinajstić information content (AvgIpc) is 2.73. The van der Waals surface area contributed by atoms with E-state index in [2.05, 4.69) is 0 Å². The normalized spacial score (nSPS) is 10.4. The largest absolute Gasteiger partial charge is 0.494 e. The van der Waals surface area contributed by atoms with E-state index in [4.69, 9.17) is 0 Å². The highest BCUT2D eigenvalue weighted by Gasteiger charge is 2.25. The molecule has 2 aromatic carbocycles. The van der Waals surface area contributed by atoms with E-state index < -0.39 is 22.1 Å². The summed E-state index contributed by atoms with van der Waals surface area (Å²) in [5.74, 6) is -1.20. The first-order chi connectivity index (χ1) is 14.2. The Kier molecular flexibility index (Phi) is 5.47. The van der Waals surface area contributed by atoms with Gasteiger partial charge >= 0.3 is 0 Å². The van der Waals surface area contributed by atoms with Crippen molar-refractivity contribution in [3.63, 3.8) is 0 Å². The van der Waals surface area contributed by atoms with Gasteiger partial charge in [-0.3, -0.25) is 24.3 Å². The number of aromatic nitrogens is 1. The van der Waals surface area contributed by atoms with Gasteiger partial charge in [0.05, 0.1) is 17.0 Å². The van der Waals surface area contributed by atoms with Crippen molar-refractivity contribution in [1.29, 1.82) is 5.26 Å². The Balaban J connectivity index is 2.15. The van der Waals surface area contributed by atoms with Gasteiger partial charge in [-0.2, -0.15) is 5.26 Å². The standard InChI is InChI=1S/C22H17N3O5/c1-13-3-5-15(6-4-13)12-24-21(27)18(11-23)14(2)19(22(24)28)20(26)16-7-9-17(10-8-16)25(29)30/h3-10,28H,12H2,1-2H3. The van der Waals surface area contributed by atoms with Crippen LogP contribution in [0.3, 0.4) is 0 Å². The number of non-ortho nitro benzene ring substituents is 1. The van der Waals surface area contributed by atoms with Crippen LogP contribution in [0.5, 0.6) is 5.88 Å².